The first-order chi connectivity index (χ1) is 10.3. The van der Waals surface area contributed by atoms with E-state index >= 15 is 0 Å². The number of carbonyl (C=O) groups is 1. The van der Waals surface area contributed by atoms with E-state index in [1.54, 1.807) is 11.8 Å². The Morgan fingerprint density at radius 2 is 2.27 bits per heavy atom. The summed E-state index contributed by atoms with van der Waals surface area (Å²) in [7, 11) is 0. The second-order valence-electron chi connectivity index (χ2n) is 5.78. The zero-order valence-electron chi connectivity index (χ0n) is 13.2. The molecule has 124 valence electrons. The Morgan fingerprint density at radius 1 is 1.59 bits per heavy atom. The van der Waals surface area contributed by atoms with Crippen LogP contribution in [0, 0.1) is 0 Å². The van der Waals surface area contributed by atoms with Crippen LogP contribution in [0.1, 0.15) is 20.8 Å². The van der Waals surface area contributed by atoms with E-state index in [4.69, 9.17) is 16.2 Å². The number of nitrogens with two attached hydrogens (primary N) is 2. The highest BCUT2D eigenvalue weighted by atomic mass is 19.1. The van der Waals surface area contributed by atoms with Crippen LogP contribution in [0.4, 0.5) is 4.39 Å². The number of aliphatic imine (C=N–C) groups is 1. The minimum Gasteiger partial charge on any atom is -0.492 e. The van der Waals surface area contributed by atoms with E-state index in [1.807, 2.05) is 13.8 Å². The number of rotatable bonds is 5. The Labute approximate surface area is 129 Å². The molecule has 0 atom stereocenters. The molecule has 0 unspecified atom stereocenters. The van der Waals surface area contributed by atoms with Gasteiger partial charge in [-0.15, -0.1) is 0 Å². The summed E-state index contributed by atoms with van der Waals surface area (Å²) in [5, 5.41) is 2.87. The highest BCUT2D eigenvalue weighted by molar-refractivity contribution is 5.87. The molecule has 1 amide bonds. The van der Waals surface area contributed by atoms with Gasteiger partial charge in [-0.05, 0) is 20.8 Å². The summed E-state index contributed by atoms with van der Waals surface area (Å²) in [5.74, 6) is 0.592. The Hall–Kier alpha value is -2.09. The number of allylic oxidation sites excluding steroid dienone is 1. The first-order valence-corrected chi connectivity index (χ1v) is 6.94. The van der Waals surface area contributed by atoms with Crippen molar-refractivity contribution in [3.05, 3.63) is 23.9 Å². The molecular formula is C14H24FN5O2. The van der Waals surface area contributed by atoms with Gasteiger partial charge in [0.2, 0.25) is 5.91 Å². The summed E-state index contributed by atoms with van der Waals surface area (Å²) in [6.07, 6.45) is 1.86. The maximum absolute atomic E-state index is 12.3. The zero-order valence-corrected chi connectivity index (χ0v) is 13.2. The summed E-state index contributed by atoms with van der Waals surface area (Å²) in [6, 6.07) is 0. The predicted molar refractivity (Wildman–Crippen MR) is 83.4 cm³/mol. The summed E-state index contributed by atoms with van der Waals surface area (Å²) < 4.78 is 17.6. The van der Waals surface area contributed by atoms with Crippen LogP contribution in [-0.4, -0.2) is 48.5 Å². The Balaban J connectivity index is 2.64. The predicted octanol–water partition coefficient (Wildman–Crippen LogP) is 0.202. The van der Waals surface area contributed by atoms with Gasteiger partial charge in [0, 0.05) is 18.7 Å². The van der Waals surface area contributed by atoms with Gasteiger partial charge in [0.1, 0.15) is 12.4 Å². The van der Waals surface area contributed by atoms with Gasteiger partial charge in [-0.25, -0.2) is 9.38 Å². The van der Waals surface area contributed by atoms with Crippen molar-refractivity contribution in [3.8, 4) is 0 Å². The molecule has 0 saturated carbocycles. The SMILES string of the molecule is C/C(=C\N=C(N)N1CC(=O)NC(C)(C)C1)OC/C(=C/F)CN. The minimum absolute atomic E-state index is 0.0594. The van der Waals surface area contributed by atoms with E-state index in [1.165, 1.54) is 6.20 Å². The summed E-state index contributed by atoms with van der Waals surface area (Å²) in [5.41, 5.74) is 11.2. The molecule has 1 saturated heterocycles. The quantitative estimate of drug-likeness (QED) is 0.382. The molecule has 0 aliphatic carbocycles. The third-order valence-corrected chi connectivity index (χ3v) is 3.00. The van der Waals surface area contributed by atoms with E-state index in [9.17, 15) is 9.18 Å². The van der Waals surface area contributed by atoms with Crippen LogP contribution >= 0.6 is 0 Å². The van der Waals surface area contributed by atoms with Crippen LogP contribution in [0.2, 0.25) is 0 Å². The molecule has 1 rings (SSSR count). The van der Waals surface area contributed by atoms with Crippen molar-refractivity contribution in [2.24, 2.45) is 16.5 Å². The smallest absolute Gasteiger partial charge is 0.240 e. The Kier molecular flexibility index (Phi) is 6.36. The monoisotopic (exact) mass is 313 g/mol. The molecule has 0 aromatic carbocycles. The molecule has 1 aliphatic rings. The minimum atomic E-state index is -0.368. The lowest BCUT2D eigenvalue weighted by Gasteiger charge is -2.38. The first kappa shape index (κ1) is 18.0. The third kappa shape index (κ3) is 5.72. The second-order valence-corrected chi connectivity index (χ2v) is 5.78. The highest BCUT2D eigenvalue weighted by Gasteiger charge is 2.31. The van der Waals surface area contributed by atoms with Crippen molar-refractivity contribution in [1.82, 2.24) is 10.2 Å². The number of hydrogen-bond donors (Lipinski definition) is 3. The van der Waals surface area contributed by atoms with Crippen molar-refractivity contribution in [2.45, 2.75) is 26.3 Å². The maximum atomic E-state index is 12.3. The lowest BCUT2D eigenvalue weighted by molar-refractivity contribution is -0.125. The standard InChI is InChI=1S/C14H24FN5O2/c1-10(22-8-11(4-15)5-16)6-18-13(17)20-7-12(21)19-14(2,3)9-20/h4,6H,5,7-9,16H2,1-3H3,(H2,17,18)(H,19,21)/b10-6+,11-4+. The van der Waals surface area contributed by atoms with Crippen LogP contribution in [0.5, 0.6) is 0 Å². The van der Waals surface area contributed by atoms with Crippen LogP contribution in [0.15, 0.2) is 28.9 Å². The molecule has 0 aromatic heterocycles. The summed E-state index contributed by atoms with van der Waals surface area (Å²) in [4.78, 5) is 17.4. The molecule has 0 bridgehead atoms. The molecule has 0 radical (unpaired) electrons. The number of halogens is 1. The number of piperazine rings is 1. The molecule has 22 heavy (non-hydrogen) atoms. The van der Waals surface area contributed by atoms with Gasteiger partial charge in [-0.2, -0.15) is 0 Å². The molecule has 5 N–H and O–H groups in total. The zero-order chi connectivity index (χ0) is 16.8. The number of amides is 1. The lowest BCUT2D eigenvalue weighted by Crippen LogP contribution is -2.62. The van der Waals surface area contributed by atoms with Gasteiger partial charge < -0.3 is 26.4 Å². The summed E-state index contributed by atoms with van der Waals surface area (Å²) in [6.45, 7) is 6.36. The Bertz CT molecular complexity index is 499. The first-order valence-electron chi connectivity index (χ1n) is 6.94. The van der Waals surface area contributed by atoms with Crippen molar-refractivity contribution in [1.29, 1.82) is 0 Å². The van der Waals surface area contributed by atoms with Gasteiger partial charge in [-0.3, -0.25) is 4.79 Å². The van der Waals surface area contributed by atoms with Crippen LogP contribution in [-0.2, 0) is 9.53 Å². The fourth-order valence-electron chi connectivity index (χ4n) is 1.94. The highest BCUT2D eigenvalue weighted by Crippen LogP contribution is 2.10. The second kappa shape index (κ2) is 7.79. The van der Waals surface area contributed by atoms with Gasteiger partial charge in [0.05, 0.1) is 24.6 Å². The normalized spacial score (nSPS) is 20.0. The van der Waals surface area contributed by atoms with Crippen molar-refractivity contribution in [3.63, 3.8) is 0 Å². The number of guanidine groups is 1. The average Bonchev–Trinajstić information content (AvgIpc) is 2.43. The largest absolute Gasteiger partial charge is 0.492 e. The molecule has 7 nitrogen and oxygen atoms in total. The van der Waals surface area contributed by atoms with Gasteiger partial charge in [0.25, 0.3) is 0 Å². The van der Waals surface area contributed by atoms with Gasteiger partial charge in [0.15, 0.2) is 5.96 Å². The van der Waals surface area contributed by atoms with E-state index < -0.39 is 0 Å². The molecular weight excluding hydrogens is 289 g/mol. The number of ether oxygens (including phenoxy) is 1. The summed E-state index contributed by atoms with van der Waals surface area (Å²) >= 11 is 0. The maximum Gasteiger partial charge on any atom is 0.240 e. The average molecular weight is 313 g/mol. The number of hydrogen-bond acceptors (Lipinski definition) is 4. The van der Waals surface area contributed by atoms with Crippen molar-refractivity contribution < 1.29 is 13.9 Å². The van der Waals surface area contributed by atoms with Crippen molar-refractivity contribution in [2.75, 3.05) is 26.2 Å². The van der Waals surface area contributed by atoms with Crippen molar-refractivity contribution >= 4 is 11.9 Å². The fraction of sp³-hybridized carbons (Fsp3) is 0.571. The van der Waals surface area contributed by atoms with Crippen LogP contribution in [0.3, 0.4) is 0 Å². The third-order valence-electron chi connectivity index (χ3n) is 3.00. The van der Waals surface area contributed by atoms with Crippen LogP contribution < -0.4 is 16.8 Å². The molecule has 1 fully saturated rings. The van der Waals surface area contributed by atoms with Gasteiger partial charge in [-0.1, -0.05) is 0 Å². The molecule has 8 heteroatoms. The topological polar surface area (TPSA) is 106 Å². The lowest BCUT2D eigenvalue weighted by atomic mass is 10.0. The fourth-order valence-corrected chi connectivity index (χ4v) is 1.94. The molecule has 0 spiro atoms. The molecule has 1 aliphatic heterocycles. The Morgan fingerprint density at radius 3 is 2.82 bits per heavy atom. The molecule has 1 heterocycles. The molecule has 0 aromatic rings. The van der Waals surface area contributed by atoms with Gasteiger partial charge >= 0.3 is 0 Å². The number of nitrogens with one attached hydrogen (secondary N) is 1. The van der Waals surface area contributed by atoms with Crippen LogP contribution in [0.25, 0.3) is 0 Å². The van der Waals surface area contributed by atoms with E-state index in [-0.39, 0.29) is 37.1 Å². The van der Waals surface area contributed by atoms with E-state index in [0.29, 0.717) is 24.2 Å². The number of carbonyl (C=O) groups excluding carboxylic acids is 1. The van der Waals surface area contributed by atoms with E-state index in [0.717, 1.165) is 0 Å². The number of nitrogens with zero attached hydrogens (tertiary/aromatic N) is 2. The van der Waals surface area contributed by atoms with E-state index in [2.05, 4.69) is 10.3 Å².